The number of sulfonamides is 1. The summed E-state index contributed by atoms with van der Waals surface area (Å²) in [5.74, 6) is -1.13. The third-order valence-electron chi connectivity index (χ3n) is 8.50. The van der Waals surface area contributed by atoms with Crippen LogP contribution in [-0.2, 0) is 56.8 Å². The lowest BCUT2D eigenvalue weighted by Gasteiger charge is -2.20. The van der Waals surface area contributed by atoms with Crippen LogP contribution in [0, 0.1) is 0 Å². The van der Waals surface area contributed by atoms with Crippen LogP contribution in [0.3, 0.4) is 0 Å². The molecule has 2 amide bonds. The minimum atomic E-state index is -4.14. The Morgan fingerprint density at radius 3 is 1.96 bits per heavy atom. The van der Waals surface area contributed by atoms with E-state index < -0.39 is 37.4 Å². The summed E-state index contributed by atoms with van der Waals surface area (Å²) in [5, 5.41) is 3.45. The van der Waals surface area contributed by atoms with Crippen LogP contribution in [-0.4, -0.2) is 65.5 Å². The van der Waals surface area contributed by atoms with Crippen LogP contribution in [0.5, 0.6) is 0 Å². The normalized spacial score (nSPS) is 14.6. The summed E-state index contributed by atoms with van der Waals surface area (Å²) in [4.78, 5) is 26.5. The number of ketones is 1. The Labute approximate surface area is 302 Å². The zero-order valence-corrected chi connectivity index (χ0v) is 30.3. The van der Waals surface area contributed by atoms with Crippen LogP contribution >= 0.6 is 23.2 Å². The van der Waals surface area contributed by atoms with Crippen molar-refractivity contribution in [3.8, 4) is 0 Å². The zero-order chi connectivity index (χ0) is 35.9. The molecule has 6 rings (SSSR count). The fourth-order valence-corrected chi connectivity index (χ4v) is 9.26. The summed E-state index contributed by atoms with van der Waals surface area (Å²) in [5.41, 5.74) is 12.0. The molecule has 264 valence electrons. The van der Waals surface area contributed by atoms with Crippen LogP contribution in [0.25, 0.3) is 0 Å². The van der Waals surface area contributed by atoms with E-state index in [9.17, 15) is 26.4 Å². The highest BCUT2D eigenvalue weighted by atomic mass is 35.5. The summed E-state index contributed by atoms with van der Waals surface area (Å²) < 4.78 is 52.6. The van der Waals surface area contributed by atoms with Gasteiger partial charge in [-0.05, 0) is 103 Å². The number of hydrogen-bond acceptors (Lipinski definition) is 8. The molecule has 14 heteroatoms. The first kappa shape index (κ1) is 37.3. The van der Waals surface area contributed by atoms with Gasteiger partial charge >= 0.3 is 6.03 Å². The van der Waals surface area contributed by atoms with Crippen molar-refractivity contribution >= 4 is 60.6 Å². The smallest absolute Gasteiger partial charge is 0.331 e. The van der Waals surface area contributed by atoms with Gasteiger partial charge in [0.2, 0.25) is 0 Å². The van der Waals surface area contributed by atoms with E-state index in [2.05, 4.69) is 22.2 Å². The molecule has 0 atom stereocenters. The minimum Gasteiger partial charge on any atom is -0.399 e. The minimum absolute atomic E-state index is 0.0119. The number of sulfone groups is 1. The number of Topliss-reactive ketones (excluding diaryl/α,β-unsaturated/α-hetero) is 1. The van der Waals surface area contributed by atoms with E-state index >= 15 is 0 Å². The highest BCUT2D eigenvalue weighted by Gasteiger charge is 2.26. The molecule has 50 heavy (non-hydrogen) atoms. The fraction of sp³-hybridized carbons (Fsp3) is 0.278. The Morgan fingerprint density at radius 2 is 1.28 bits per heavy atom. The number of carbonyl (C=O) groups is 2. The molecule has 2 heterocycles. The van der Waals surface area contributed by atoms with Crippen LogP contribution in [0.4, 0.5) is 10.5 Å². The molecule has 2 aliphatic rings. The number of benzene rings is 4. The first-order chi connectivity index (χ1) is 23.8. The van der Waals surface area contributed by atoms with Crippen LogP contribution < -0.4 is 15.8 Å². The second-order valence-electron chi connectivity index (χ2n) is 12.1. The van der Waals surface area contributed by atoms with Crippen LogP contribution in [0.1, 0.15) is 27.8 Å². The molecule has 10 nitrogen and oxygen atoms in total. The molecule has 4 N–H and O–H groups in total. The van der Waals surface area contributed by atoms with Crippen molar-refractivity contribution < 1.29 is 26.4 Å². The molecule has 0 aliphatic carbocycles. The van der Waals surface area contributed by atoms with E-state index in [1.165, 1.54) is 46.4 Å². The molecular weight excluding hydrogens is 719 g/mol. The molecule has 4 aromatic rings. The van der Waals surface area contributed by atoms with Crippen molar-refractivity contribution in [3.05, 3.63) is 123 Å². The molecule has 0 radical (unpaired) electrons. The molecule has 0 unspecified atom stereocenters. The Kier molecular flexibility index (Phi) is 12.2. The lowest BCUT2D eigenvalue weighted by molar-refractivity contribution is -0.116. The molecule has 0 aromatic heterocycles. The average molecular weight is 758 g/mol. The molecule has 0 fully saturated rings. The number of anilines is 1. The van der Waals surface area contributed by atoms with Crippen LogP contribution in [0.15, 0.2) is 94.7 Å². The molecule has 0 saturated heterocycles. The van der Waals surface area contributed by atoms with Crippen molar-refractivity contribution in [2.45, 2.75) is 41.9 Å². The third kappa shape index (κ3) is 9.64. The summed E-state index contributed by atoms with van der Waals surface area (Å²) in [6.45, 7) is 2.73. The second-order valence-corrected chi connectivity index (χ2v) is 16.5. The number of halogens is 2. The first-order valence-electron chi connectivity index (χ1n) is 16.1. The molecule has 0 bridgehead atoms. The maximum absolute atomic E-state index is 12.8. The van der Waals surface area contributed by atoms with E-state index in [1.807, 2.05) is 18.2 Å². The fourth-order valence-electron chi connectivity index (χ4n) is 5.95. The van der Waals surface area contributed by atoms with Gasteiger partial charge in [0.1, 0.15) is 10.6 Å². The molecule has 0 spiro atoms. The summed E-state index contributed by atoms with van der Waals surface area (Å²) >= 11 is 12.0. The number of fused-ring (bicyclic) bond motifs is 2. The maximum atomic E-state index is 12.8. The zero-order valence-electron chi connectivity index (χ0n) is 27.2. The number of carbonyl (C=O) groups excluding carboxylic acids is 2. The maximum Gasteiger partial charge on any atom is 0.331 e. The quantitative estimate of drug-likeness (QED) is 0.222. The van der Waals surface area contributed by atoms with Gasteiger partial charge in [0.15, 0.2) is 15.6 Å². The standard InChI is InChI=1S/C26H24Cl2N2O6S2.C10H14N2/c27-22-5-1-3-7-24(22)37(33,34)17-21(31)16-18-9-10-19-11-13-30(14-12-20(19)15-18)26(32)29-38(35,36)25-8-4-2-6-23(25)28;11-10-2-1-8-3-5-12-6-4-9(8)7-10/h1-10,15H,11-14,16-17H2,(H,29,32);1-2,7,12H,3-6,11H2. The largest absolute Gasteiger partial charge is 0.399 e. The Hall–Kier alpha value is -3.94. The Bertz CT molecular complexity index is 2110. The summed E-state index contributed by atoms with van der Waals surface area (Å²) in [6.07, 6.45) is 3.10. The van der Waals surface area contributed by atoms with Crippen molar-refractivity contribution in [1.29, 1.82) is 0 Å². The average Bonchev–Trinajstić information content (AvgIpc) is 3.43. The number of rotatable bonds is 7. The first-order valence-corrected chi connectivity index (χ1v) is 20.0. The Balaban J connectivity index is 0.000000338. The van der Waals surface area contributed by atoms with E-state index in [0.29, 0.717) is 24.9 Å². The number of hydrogen-bond donors (Lipinski definition) is 3. The van der Waals surface area contributed by atoms with Crippen molar-refractivity contribution in [3.63, 3.8) is 0 Å². The number of nitrogen functional groups attached to an aromatic ring is 1. The van der Waals surface area contributed by atoms with E-state index in [0.717, 1.165) is 42.7 Å². The summed E-state index contributed by atoms with van der Waals surface area (Å²) in [6, 6.07) is 22.8. The Morgan fingerprint density at radius 1 is 0.720 bits per heavy atom. The lowest BCUT2D eigenvalue weighted by atomic mass is 9.98. The molecule has 4 aromatic carbocycles. The van der Waals surface area contributed by atoms with E-state index in [1.54, 1.807) is 24.3 Å². The monoisotopic (exact) mass is 756 g/mol. The van der Waals surface area contributed by atoms with Gasteiger partial charge < -0.3 is 16.0 Å². The van der Waals surface area contributed by atoms with Crippen LogP contribution in [0.2, 0.25) is 10.0 Å². The highest BCUT2D eigenvalue weighted by molar-refractivity contribution is 7.92. The van der Waals surface area contributed by atoms with Gasteiger partial charge in [0.25, 0.3) is 10.0 Å². The van der Waals surface area contributed by atoms with Gasteiger partial charge in [-0.25, -0.2) is 26.4 Å². The highest BCUT2D eigenvalue weighted by Crippen LogP contribution is 2.24. The predicted octanol–water partition coefficient (Wildman–Crippen LogP) is 5.04. The van der Waals surface area contributed by atoms with Gasteiger partial charge in [-0.3, -0.25) is 4.79 Å². The van der Waals surface area contributed by atoms with Gasteiger partial charge in [0.05, 0.1) is 14.9 Å². The lowest BCUT2D eigenvalue weighted by Crippen LogP contribution is -2.44. The van der Waals surface area contributed by atoms with Crippen molar-refractivity contribution in [1.82, 2.24) is 14.9 Å². The number of nitrogens with zero attached hydrogens (tertiary/aromatic N) is 1. The van der Waals surface area contributed by atoms with Gasteiger partial charge in [-0.2, -0.15) is 0 Å². The molecule has 0 saturated carbocycles. The topological polar surface area (TPSA) is 156 Å². The SMILES string of the molecule is Nc1ccc2c(c1)CCNCC2.O=C(Cc1ccc2c(c1)CCN(C(=O)NS(=O)(=O)c1ccccc1Cl)CC2)CS(=O)(=O)c1ccccc1Cl. The van der Waals surface area contributed by atoms with Gasteiger partial charge in [0, 0.05) is 25.2 Å². The number of nitrogens with one attached hydrogen (secondary N) is 2. The number of urea groups is 1. The molecular formula is C36H38Cl2N4O6S2. The summed E-state index contributed by atoms with van der Waals surface area (Å²) in [7, 11) is -8.02. The molecule has 2 aliphatic heterocycles. The van der Waals surface area contributed by atoms with E-state index in [-0.39, 0.29) is 32.8 Å². The third-order valence-corrected chi connectivity index (χ3v) is 12.5. The second kappa shape index (κ2) is 16.4. The van der Waals surface area contributed by atoms with Crippen molar-refractivity contribution in [2.75, 3.05) is 37.7 Å². The predicted molar refractivity (Wildman–Crippen MR) is 196 cm³/mol. The number of nitrogens with two attached hydrogens (primary N) is 1. The van der Waals surface area contributed by atoms with Crippen molar-refractivity contribution in [2.24, 2.45) is 0 Å². The van der Waals surface area contributed by atoms with Gasteiger partial charge in [-0.1, -0.05) is 71.7 Å². The number of amides is 2. The van der Waals surface area contributed by atoms with Gasteiger partial charge in [-0.15, -0.1) is 0 Å². The van der Waals surface area contributed by atoms with E-state index in [4.69, 9.17) is 28.9 Å².